The van der Waals surface area contributed by atoms with Crippen LogP contribution in [-0.2, 0) is 9.59 Å². The van der Waals surface area contributed by atoms with Crippen LogP contribution in [0.5, 0.6) is 0 Å². The van der Waals surface area contributed by atoms with Gasteiger partial charge in [-0.2, -0.15) is 0 Å². The number of hydrogen-bond donors (Lipinski definition) is 0. The number of carbonyl (C=O) groups excluding carboxylic acids is 2. The van der Waals surface area contributed by atoms with Gasteiger partial charge >= 0.3 is 0 Å². The second kappa shape index (κ2) is 17.8. The van der Waals surface area contributed by atoms with Crippen molar-refractivity contribution < 1.29 is 9.59 Å². The van der Waals surface area contributed by atoms with Gasteiger partial charge in [-0.25, -0.2) is 0 Å². The van der Waals surface area contributed by atoms with Crippen molar-refractivity contribution in [2.45, 2.75) is 35.1 Å². The molecule has 3 radical (unpaired) electrons. The van der Waals surface area contributed by atoms with Crippen LogP contribution >= 0.6 is 0 Å². The van der Waals surface area contributed by atoms with Crippen LogP contribution in [0.2, 0.25) is 0 Å². The molecule has 0 amide bonds. The highest BCUT2D eigenvalue weighted by molar-refractivity contribution is 6.14. The summed E-state index contributed by atoms with van der Waals surface area (Å²) >= 11 is 0. The molecule has 0 aliphatic heterocycles. The average Bonchev–Trinajstić information content (AvgIpc) is 2.17. The molecule has 0 saturated carbocycles. The van der Waals surface area contributed by atoms with Crippen LogP contribution in [0.1, 0.15) is 35.1 Å². The molecule has 0 atom stereocenters. The highest BCUT2D eigenvalue weighted by atomic mass is 16.1. The second-order valence-electron chi connectivity index (χ2n) is 1.47. The summed E-state index contributed by atoms with van der Waals surface area (Å²) in [6.07, 6.45) is 5.01. The molecule has 14 heavy (non-hydrogen) atoms. The van der Waals surface area contributed by atoms with Crippen molar-refractivity contribution in [3.63, 3.8) is 0 Å². The maximum absolute atomic E-state index is 10.3. The first-order valence-electron chi connectivity index (χ1n) is 4.23. The first kappa shape index (κ1) is 23.1. The van der Waals surface area contributed by atoms with Crippen molar-refractivity contribution in [3.05, 3.63) is 24.3 Å². The Kier molecular flexibility index (Phi) is 29.4. The van der Waals surface area contributed by atoms with Gasteiger partial charge in [0.05, 0.1) is 0 Å². The van der Waals surface area contributed by atoms with E-state index in [2.05, 4.69) is 0 Å². The van der Waals surface area contributed by atoms with Gasteiger partial charge in [0.25, 0.3) is 0 Å². The summed E-state index contributed by atoms with van der Waals surface area (Å²) in [6.45, 7) is 8.00. The summed E-state index contributed by atoms with van der Waals surface area (Å²) in [5.41, 5.74) is 0. The molecule has 2 nitrogen and oxygen atoms in total. The van der Waals surface area contributed by atoms with Gasteiger partial charge in [0.1, 0.15) is 0 Å². The lowest BCUT2D eigenvalue weighted by atomic mass is 10.2. The van der Waals surface area contributed by atoms with Gasteiger partial charge in [-0.3, -0.25) is 9.59 Å². The Labute approximate surface area is 89.7 Å². The molecule has 3 heteroatoms. The molecule has 0 aromatic rings. The van der Waals surface area contributed by atoms with E-state index in [0.29, 0.717) is 0 Å². The standard InChI is InChI=1S/C6H4O2.2C2H6.CH4.B/c7-5-1-2-6(8)4-3-5;2*1-2;;/h1-4H;2*1-2H3;1H4;. The number of rotatable bonds is 0. The third-order valence-corrected chi connectivity index (χ3v) is 0.824. The fourth-order valence-corrected chi connectivity index (χ4v) is 0.440. The molecular formula is C11H20BO2. The van der Waals surface area contributed by atoms with Crippen LogP contribution in [0, 0.1) is 0 Å². The Bertz CT molecular complexity index is 155. The zero-order valence-corrected chi connectivity index (χ0v) is 8.70. The first-order chi connectivity index (χ1) is 5.79. The molecule has 0 heterocycles. The zero-order chi connectivity index (χ0) is 9.98. The molecule has 1 rings (SSSR count). The van der Waals surface area contributed by atoms with Crippen molar-refractivity contribution in [3.8, 4) is 0 Å². The average molecular weight is 195 g/mol. The van der Waals surface area contributed by atoms with E-state index in [1.54, 1.807) is 0 Å². The van der Waals surface area contributed by atoms with Crippen molar-refractivity contribution >= 4 is 20.0 Å². The Hall–Kier alpha value is -1.12. The molecule has 0 fully saturated rings. The second-order valence-corrected chi connectivity index (χ2v) is 1.47. The van der Waals surface area contributed by atoms with Crippen molar-refractivity contribution in [2.24, 2.45) is 0 Å². The Morgan fingerprint density at radius 2 is 0.857 bits per heavy atom. The normalized spacial score (nSPS) is 10.9. The first-order valence-corrected chi connectivity index (χ1v) is 4.23. The van der Waals surface area contributed by atoms with Gasteiger partial charge in [-0.15, -0.1) is 0 Å². The quantitative estimate of drug-likeness (QED) is 0.439. The van der Waals surface area contributed by atoms with Crippen LogP contribution in [0.25, 0.3) is 0 Å². The molecule has 0 unspecified atom stereocenters. The van der Waals surface area contributed by atoms with E-state index < -0.39 is 0 Å². The number of allylic oxidation sites excluding steroid dienone is 4. The van der Waals surface area contributed by atoms with Gasteiger partial charge < -0.3 is 0 Å². The highest BCUT2D eigenvalue weighted by Crippen LogP contribution is 1.90. The molecule has 0 saturated heterocycles. The van der Waals surface area contributed by atoms with Crippen LogP contribution in [0.3, 0.4) is 0 Å². The van der Waals surface area contributed by atoms with Crippen LogP contribution in [0.4, 0.5) is 0 Å². The van der Waals surface area contributed by atoms with E-state index >= 15 is 0 Å². The van der Waals surface area contributed by atoms with E-state index in [0.717, 1.165) is 0 Å². The number of ketones is 2. The minimum Gasteiger partial charge on any atom is -0.290 e. The van der Waals surface area contributed by atoms with Crippen molar-refractivity contribution in [1.82, 2.24) is 0 Å². The Balaban J connectivity index is -0.0000000750. The zero-order valence-electron chi connectivity index (χ0n) is 8.70. The minimum atomic E-state index is -0.121. The lowest BCUT2D eigenvalue weighted by Gasteiger charge is -1.87. The fraction of sp³-hybridized carbons (Fsp3) is 0.455. The molecule has 0 N–H and O–H groups in total. The van der Waals surface area contributed by atoms with Gasteiger partial charge in [0.2, 0.25) is 0 Å². The van der Waals surface area contributed by atoms with Crippen molar-refractivity contribution in [2.75, 3.05) is 0 Å². The molecular weight excluding hydrogens is 175 g/mol. The topological polar surface area (TPSA) is 34.1 Å². The van der Waals surface area contributed by atoms with E-state index in [1.807, 2.05) is 27.7 Å². The number of carbonyl (C=O) groups is 2. The molecule has 1 aliphatic carbocycles. The molecule has 0 spiro atoms. The Morgan fingerprint density at radius 1 is 0.714 bits per heavy atom. The van der Waals surface area contributed by atoms with E-state index in [9.17, 15) is 9.59 Å². The smallest absolute Gasteiger partial charge is 0.178 e. The van der Waals surface area contributed by atoms with Gasteiger partial charge in [0.15, 0.2) is 11.6 Å². The highest BCUT2D eigenvalue weighted by Gasteiger charge is 1.97. The van der Waals surface area contributed by atoms with E-state index in [4.69, 9.17) is 0 Å². The predicted molar refractivity (Wildman–Crippen MR) is 63.5 cm³/mol. The third kappa shape index (κ3) is 13.5. The summed E-state index contributed by atoms with van der Waals surface area (Å²) < 4.78 is 0. The maximum atomic E-state index is 10.3. The maximum Gasteiger partial charge on any atom is 0.178 e. The lowest BCUT2D eigenvalue weighted by molar-refractivity contribution is -0.113. The third-order valence-electron chi connectivity index (χ3n) is 0.824. The lowest BCUT2D eigenvalue weighted by Crippen LogP contribution is -1.97. The molecule has 79 valence electrons. The largest absolute Gasteiger partial charge is 0.290 e. The summed E-state index contributed by atoms with van der Waals surface area (Å²) in [5, 5.41) is 0. The minimum absolute atomic E-state index is 0. The van der Waals surface area contributed by atoms with Crippen molar-refractivity contribution in [1.29, 1.82) is 0 Å². The summed E-state index contributed by atoms with van der Waals surface area (Å²) in [7, 11) is 0. The monoisotopic (exact) mass is 195 g/mol. The molecule has 0 bridgehead atoms. The summed E-state index contributed by atoms with van der Waals surface area (Å²) in [6, 6.07) is 0. The SMILES string of the molecule is C.CC.CC.O=C1C=CC(=O)C=C1.[B]. The molecule has 1 aliphatic rings. The van der Waals surface area contributed by atoms with Crippen LogP contribution < -0.4 is 0 Å². The summed E-state index contributed by atoms with van der Waals surface area (Å²) in [5.74, 6) is -0.241. The molecule has 0 aromatic heterocycles. The van der Waals surface area contributed by atoms with Gasteiger partial charge in [0, 0.05) is 8.41 Å². The Morgan fingerprint density at radius 3 is 1.00 bits per heavy atom. The molecule has 0 aromatic carbocycles. The summed E-state index contributed by atoms with van der Waals surface area (Å²) in [4.78, 5) is 20.6. The van der Waals surface area contributed by atoms with E-state index in [1.165, 1.54) is 24.3 Å². The van der Waals surface area contributed by atoms with Crippen LogP contribution in [0.15, 0.2) is 24.3 Å². The van der Waals surface area contributed by atoms with Crippen LogP contribution in [-0.4, -0.2) is 20.0 Å². The van der Waals surface area contributed by atoms with E-state index in [-0.39, 0.29) is 27.4 Å². The predicted octanol–water partition coefficient (Wildman–Crippen LogP) is 2.56. The van der Waals surface area contributed by atoms with Gasteiger partial charge in [-0.05, 0) is 24.3 Å². The fourth-order valence-electron chi connectivity index (χ4n) is 0.440. The number of hydrogen-bond acceptors (Lipinski definition) is 2. The van der Waals surface area contributed by atoms with Gasteiger partial charge in [-0.1, -0.05) is 35.1 Å².